The van der Waals surface area contributed by atoms with Crippen LogP contribution in [0.3, 0.4) is 0 Å². The molecule has 5 heteroatoms. The highest BCUT2D eigenvalue weighted by Crippen LogP contribution is 2.44. The Balaban J connectivity index is 2.22. The topological polar surface area (TPSA) is 43.7 Å². The lowest BCUT2D eigenvalue weighted by atomic mass is 9.87. The molecule has 1 heterocycles. The number of hydrogen-bond acceptors (Lipinski definition) is 3. The number of rotatable bonds is 1. The van der Waals surface area contributed by atoms with Gasteiger partial charge in [-0.05, 0) is 42.3 Å². The molecule has 1 aliphatic heterocycles. The quantitative estimate of drug-likeness (QED) is 0.729. The maximum atomic E-state index is 9.99. The molecule has 1 atom stereocenters. The molecule has 1 aliphatic rings. The summed E-state index contributed by atoms with van der Waals surface area (Å²) in [5.74, 6) is -0.303. The second-order valence-corrected chi connectivity index (χ2v) is 6.94. The van der Waals surface area contributed by atoms with Crippen LogP contribution >= 0.6 is 27.5 Å². The minimum atomic E-state index is -0.226. The van der Waals surface area contributed by atoms with Gasteiger partial charge in [-0.2, -0.15) is 0 Å². The standard InChI is InChI=1S/C17H17BrClNO2/c1-20-7-6-11-12(8-15(21)17(22)16(11)19)13(9-20)10-4-2-3-5-14(10)18/h2-5,8,13,21-22H,6-7,9H2,1H3. The number of phenols is 2. The van der Waals surface area contributed by atoms with Gasteiger partial charge in [0.15, 0.2) is 11.5 Å². The van der Waals surface area contributed by atoms with Gasteiger partial charge in [0.1, 0.15) is 0 Å². The molecule has 2 N–H and O–H groups in total. The molecular formula is C17H17BrClNO2. The van der Waals surface area contributed by atoms with Crippen molar-refractivity contribution in [1.82, 2.24) is 4.90 Å². The maximum Gasteiger partial charge on any atom is 0.176 e. The van der Waals surface area contributed by atoms with E-state index in [-0.39, 0.29) is 22.4 Å². The number of halogens is 2. The first kappa shape index (κ1) is 15.7. The molecule has 2 aromatic rings. The van der Waals surface area contributed by atoms with E-state index in [0.29, 0.717) is 0 Å². The van der Waals surface area contributed by atoms with Crippen LogP contribution in [0.15, 0.2) is 34.8 Å². The lowest BCUT2D eigenvalue weighted by Crippen LogP contribution is -2.24. The van der Waals surface area contributed by atoms with E-state index in [9.17, 15) is 10.2 Å². The Morgan fingerprint density at radius 3 is 2.68 bits per heavy atom. The Labute approximate surface area is 143 Å². The lowest BCUT2D eigenvalue weighted by molar-refractivity contribution is 0.337. The zero-order chi connectivity index (χ0) is 15.9. The van der Waals surface area contributed by atoms with Gasteiger partial charge in [0.25, 0.3) is 0 Å². The zero-order valence-electron chi connectivity index (χ0n) is 12.2. The van der Waals surface area contributed by atoms with Crippen LogP contribution in [0, 0.1) is 0 Å². The number of aromatic hydroxyl groups is 2. The van der Waals surface area contributed by atoms with Crippen LogP contribution in [0.5, 0.6) is 11.5 Å². The first-order valence-electron chi connectivity index (χ1n) is 7.15. The fourth-order valence-electron chi connectivity index (χ4n) is 3.08. The Kier molecular flexibility index (Phi) is 4.35. The molecule has 0 saturated carbocycles. The molecule has 3 rings (SSSR count). The van der Waals surface area contributed by atoms with Crippen LogP contribution in [-0.2, 0) is 6.42 Å². The molecule has 0 saturated heterocycles. The molecule has 116 valence electrons. The first-order chi connectivity index (χ1) is 10.5. The fraction of sp³-hybridized carbons (Fsp3) is 0.294. The highest BCUT2D eigenvalue weighted by atomic mass is 79.9. The van der Waals surface area contributed by atoms with Gasteiger partial charge in [-0.25, -0.2) is 0 Å². The van der Waals surface area contributed by atoms with Crippen molar-refractivity contribution in [2.45, 2.75) is 12.3 Å². The summed E-state index contributed by atoms with van der Waals surface area (Å²) in [5.41, 5.74) is 3.05. The smallest absolute Gasteiger partial charge is 0.176 e. The lowest BCUT2D eigenvalue weighted by Gasteiger charge is -2.23. The van der Waals surface area contributed by atoms with E-state index in [2.05, 4.69) is 33.9 Å². The summed E-state index contributed by atoms with van der Waals surface area (Å²) in [6.45, 7) is 1.69. The Bertz CT molecular complexity index is 720. The highest BCUT2D eigenvalue weighted by molar-refractivity contribution is 9.10. The van der Waals surface area contributed by atoms with Gasteiger partial charge in [0.05, 0.1) is 5.02 Å². The fourth-order valence-corrected chi connectivity index (χ4v) is 3.94. The average molecular weight is 383 g/mol. The van der Waals surface area contributed by atoms with Gasteiger partial charge in [-0.1, -0.05) is 45.7 Å². The van der Waals surface area contributed by atoms with Crippen molar-refractivity contribution in [2.75, 3.05) is 20.1 Å². The molecule has 0 aliphatic carbocycles. The summed E-state index contributed by atoms with van der Waals surface area (Å²) < 4.78 is 1.03. The average Bonchev–Trinajstić information content (AvgIpc) is 2.65. The molecule has 3 nitrogen and oxygen atoms in total. The molecule has 22 heavy (non-hydrogen) atoms. The van der Waals surface area contributed by atoms with Crippen LogP contribution in [0.2, 0.25) is 5.02 Å². The minimum Gasteiger partial charge on any atom is -0.504 e. The van der Waals surface area contributed by atoms with Gasteiger partial charge < -0.3 is 15.1 Å². The van der Waals surface area contributed by atoms with Crippen LogP contribution in [0.4, 0.5) is 0 Å². The van der Waals surface area contributed by atoms with Crippen molar-refractivity contribution < 1.29 is 10.2 Å². The Morgan fingerprint density at radius 2 is 1.95 bits per heavy atom. The molecule has 0 amide bonds. The summed E-state index contributed by atoms with van der Waals surface area (Å²) in [7, 11) is 2.07. The number of phenolic OH excluding ortho intramolecular Hbond substituents is 2. The number of benzene rings is 2. The van der Waals surface area contributed by atoms with Gasteiger partial charge in [0.2, 0.25) is 0 Å². The largest absolute Gasteiger partial charge is 0.504 e. The number of hydrogen-bond donors (Lipinski definition) is 2. The van der Waals surface area contributed by atoms with Crippen molar-refractivity contribution in [3.63, 3.8) is 0 Å². The second kappa shape index (κ2) is 6.11. The van der Waals surface area contributed by atoms with Crippen LogP contribution in [0.25, 0.3) is 0 Å². The summed E-state index contributed by atoms with van der Waals surface area (Å²) in [6.07, 6.45) is 0.749. The highest BCUT2D eigenvalue weighted by Gasteiger charge is 2.28. The Morgan fingerprint density at radius 1 is 1.23 bits per heavy atom. The monoisotopic (exact) mass is 381 g/mol. The Hall–Kier alpha value is -1.23. The molecular weight excluding hydrogens is 366 g/mol. The van der Waals surface area contributed by atoms with E-state index in [0.717, 1.165) is 40.7 Å². The summed E-state index contributed by atoms with van der Waals surface area (Å²) in [5, 5.41) is 20.2. The summed E-state index contributed by atoms with van der Waals surface area (Å²) in [4.78, 5) is 2.24. The van der Waals surface area contributed by atoms with Crippen LogP contribution in [0.1, 0.15) is 22.6 Å². The minimum absolute atomic E-state index is 0.0853. The normalized spacial score (nSPS) is 18.8. The SMILES string of the molecule is CN1CCc2c(cc(O)c(O)c2Cl)C(c2ccccc2Br)C1. The first-order valence-corrected chi connectivity index (χ1v) is 8.32. The molecule has 0 radical (unpaired) electrons. The van der Waals surface area contributed by atoms with Crippen molar-refractivity contribution in [3.05, 3.63) is 56.5 Å². The molecule has 2 aromatic carbocycles. The van der Waals surface area contributed by atoms with E-state index < -0.39 is 0 Å². The number of fused-ring (bicyclic) bond motifs is 1. The third-order valence-electron chi connectivity index (χ3n) is 4.25. The number of likely N-dealkylation sites (N-methyl/N-ethyl adjacent to an activating group) is 1. The summed E-state index contributed by atoms with van der Waals surface area (Å²) >= 11 is 9.91. The predicted molar refractivity (Wildman–Crippen MR) is 92.0 cm³/mol. The van der Waals surface area contributed by atoms with Crippen molar-refractivity contribution in [3.8, 4) is 11.5 Å². The van der Waals surface area contributed by atoms with E-state index in [1.54, 1.807) is 6.07 Å². The van der Waals surface area contributed by atoms with E-state index in [4.69, 9.17) is 11.6 Å². The molecule has 0 fully saturated rings. The van der Waals surface area contributed by atoms with Gasteiger partial charge in [0, 0.05) is 23.5 Å². The van der Waals surface area contributed by atoms with Gasteiger partial charge >= 0.3 is 0 Å². The summed E-state index contributed by atoms with van der Waals surface area (Å²) in [6, 6.07) is 9.74. The van der Waals surface area contributed by atoms with Gasteiger partial charge in [-0.3, -0.25) is 0 Å². The van der Waals surface area contributed by atoms with Crippen molar-refractivity contribution in [1.29, 1.82) is 0 Å². The van der Waals surface area contributed by atoms with Crippen molar-refractivity contribution in [2.24, 2.45) is 0 Å². The second-order valence-electron chi connectivity index (χ2n) is 5.71. The molecule has 0 aromatic heterocycles. The predicted octanol–water partition coefficient (Wildman–Crippen LogP) is 4.13. The molecule has 1 unspecified atom stereocenters. The van der Waals surface area contributed by atoms with Crippen molar-refractivity contribution >= 4 is 27.5 Å². The number of nitrogens with zero attached hydrogens (tertiary/aromatic N) is 1. The third kappa shape index (κ3) is 2.71. The van der Waals surface area contributed by atoms with E-state index in [1.807, 2.05) is 18.2 Å². The van der Waals surface area contributed by atoms with E-state index in [1.165, 1.54) is 0 Å². The van der Waals surface area contributed by atoms with E-state index >= 15 is 0 Å². The third-order valence-corrected chi connectivity index (χ3v) is 5.38. The van der Waals surface area contributed by atoms with Crippen LogP contribution < -0.4 is 0 Å². The van der Waals surface area contributed by atoms with Crippen LogP contribution in [-0.4, -0.2) is 35.3 Å². The molecule has 0 bridgehead atoms. The van der Waals surface area contributed by atoms with Gasteiger partial charge in [-0.15, -0.1) is 0 Å². The zero-order valence-corrected chi connectivity index (χ0v) is 14.5. The maximum absolute atomic E-state index is 9.99. The molecule has 0 spiro atoms.